The molecule has 0 saturated heterocycles. The number of nitrogens with zero attached hydrogens (tertiary/aromatic N) is 1. The van der Waals surface area contributed by atoms with Gasteiger partial charge in [-0.1, -0.05) is 30.7 Å². The molecule has 0 bridgehead atoms. The Balaban J connectivity index is 2.07. The van der Waals surface area contributed by atoms with Gasteiger partial charge >= 0.3 is 0 Å². The monoisotopic (exact) mass is 476 g/mol. The fourth-order valence-corrected chi connectivity index (χ4v) is 4.33. The third kappa shape index (κ3) is 8.40. The van der Waals surface area contributed by atoms with Crippen LogP contribution in [0.3, 0.4) is 0 Å². The predicted molar refractivity (Wildman–Crippen MR) is 132 cm³/mol. The lowest BCUT2D eigenvalue weighted by Gasteiger charge is -2.31. The first kappa shape index (κ1) is 26.1. The number of amides is 2. The molecule has 1 N–H and O–H groups in total. The van der Waals surface area contributed by atoms with Gasteiger partial charge in [0.2, 0.25) is 11.8 Å². The molecule has 174 valence electrons. The first-order chi connectivity index (χ1) is 15.3. The lowest BCUT2D eigenvalue weighted by atomic mass is 10.1. The van der Waals surface area contributed by atoms with Crippen LogP contribution in [0.2, 0.25) is 5.02 Å². The van der Waals surface area contributed by atoms with Gasteiger partial charge < -0.3 is 15.0 Å². The molecule has 0 aliphatic heterocycles. The molecule has 0 radical (unpaired) electrons. The number of carbonyl (C=O) groups is 2. The maximum atomic E-state index is 13.2. The van der Waals surface area contributed by atoms with Crippen molar-refractivity contribution in [2.24, 2.45) is 0 Å². The minimum Gasteiger partial charge on any atom is -0.497 e. The van der Waals surface area contributed by atoms with Crippen molar-refractivity contribution in [2.75, 3.05) is 12.9 Å². The second kappa shape index (κ2) is 13.4. The molecule has 2 rings (SSSR count). The molecule has 5 nitrogen and oxygen atoms in total. The second-order valence-electron chi connectivity index (χ2n) is 7.87. The van der Waals surface area contributed by atoms with Gasteiger partial charge in [0.25, 0.3) is 0 Å². The van der Waals surface area contributed by atoms with E-state index in [0.717, 1.165) is 28.4 Å². The topological polar surface area (TPSA) is 58.6 Å². The Hall–Kier alpha value is -2.18. The number of thioether (sulfide) groups is 1. The van der Waals surface area contributed by atoms with Gasteiger partial charge in [0, 0.05) is 28.9 Å². The number of hydrogen-bond acceptors (Lipinski definition) is 4. The Kier molecular flexibility index (Phi) is 10.9. The van der Waals surface area contributed by atoms with E-state index in [1.807, 2.05) is 69.3 Å². The molecule has 0 saturated carbocycles. The van der Waals surface area contributed by atoms with Crippen molar-refractivity contribution in [3.05, 3.63) is 59.1 Å². The van der Waals surface area contributed by atoms with Crippen LogP contribution < -0.4 is 10.1 Å². The van der Waals surface area contributed by atoms with Crippen LogP contribution in [0.4, 0.5) is 0 Å². The first-order valence-corrected chi connectivity index (χ1v) is 12.3. The van der Waals surface area contributed by atoms with E-state index in [9.17, 15) is 9.59 Å². The van der Waals surface area contributed by atoms with E-state index in [4.69, 9.17) is 16.3 Å². The molecule has 1 atom stereocenters. The average molecular weight is 477 g/mol. The average Bonchev–Trinajstić information content (AvgIpc) is 2.77. The highest BCUT2D eigenvalue weighted by Crippen LogP contribution is 2.23. The molecule has 2 aromatic rings. The van der Waals surface area contributed by atoms with Gasteiger partial charge in [-0.2, -0.15) is 0 Å². The summed E-state index contributed by atoms with van der Waals surface area (Å²) in [5, 5.41) is 3.67. The van der Waals surface area contributed by atoms with Gasteiger partial charge in [0.15, 0.2) is 0 Å². The van der Waals surface area contributed by atoms with Crippen LogP contribution in [-0.4, -0.2) is 41.7 Å². The van der Waals surface area contributed by atoms with Crippen molar-refractivity contribution >= 4 is 35.2 Å². The molecular weight excluding hydrogens is 444 g/mol. The van der Waals surface area contributed by atoms with E-state index >= 15 is 0 Å². The number of ether oxygens (including phenoxy) is 1. The van der Waals surface area contributed by atoms with Gasteiger partial charge in [0.05, 0.1) is 7.11 Å². The summed E-state index contributed by atoms with van der Waals surface area (Å²) in [6, 6.07) is 14.8. The maximum absolute atomic E-state index is 13.2. The number of benzene rings is 2. The Morgan fingerprint density at radius 3 is 2.50 bits per heavy atom. The molecule has 0 heterocycles. The standard InChI is InChI=1S/C25H33ClN2O3S/c1-5-23(25(30)27-18(2)3)28(17-19-8-6-9-21(16-19)31-4)24(29)10-7-15-32-22-13-11-20(26)12-14-22/h6,8-9,11-14,16,18,23H,5,7,10,15,17H2,1-4H3,(H,27,30)/t23-/m1/s1. The Labute approximate surface area is 200 Å². The summed E-state index contributed by atoms with van der Waals surface area (Å²) in [6.45, 7) is 6.15. The predicted octanol–water partition coefficient (Wildman–Crippen LogP) is 5.55. The molecule has 0 spiro atoms. The van der Waals surface area contributed by atoms with Crippen LogP contribution in [0, 0.1) is 0 Å². The molecule has 0 aliphatic rings. The highest BCUT2D eigenvalue weighted by molar-refractivity contribution is 7.99. The van der Waals surface area contributed by atoms with Crippen LogP contribution >= 0.6 is 23.4 Å². The molecule has 2 amide bonds. The molecule has 2 aromatic carbocycles. The summed E-state index contributed by atoms with van der Waals surface area (Å²) in [6.07, 6.45) is 1.66. The molecule has 7 heteroatoms. The molecule has 0 unspecified atom stereocenters. The van der Waals surface area contributed by atoms with Crippen molar-refractivity contribution in [1.29, 1.82) is 0 Å². The Morgan fingerprint density at radius 1 is 1.16 bits per heavy atom. The lowest BCUT2D eigenvalue weighted by Crippen LogP contribution is -2.50. The number of rotatable bonds is 12. The van der Waals surface area contributed by atoms with Gasteiger partial charge in [-0.05, 0) is 74.4 Å². The smallest absolute Gasteiger partial charge is 0.243 e. The van der Waals surface area contributed by atoms with Crippen LogP contribution in [-0.2, 0) is 16.1 Å². The summed E-state index contributed by atoms with van der Waals surface area (Å²) in [5.74, 6) is 1.41. The number of halogens is 1. The van der Waals surface area contributed by atoms with Crippen molar-refractivity contribution in [2.45, 2.75) is 63.6 Å². The van der Waals surface area contributed by atoms with Crippen molar-refractivity contribution in [3.63, 3.8) is 0 Å². The highest BCUT2D eigenvalue weighted by atomic mass is 35.5. The SMILES string of the molecule is CC[C@H](C(=O)NC(C)C)N(Cc1cccc(OC)c1)C(=O)CCCSc1ccc(Cl)cc1. The van der Waals surface area contributed by atoms with E-state index in [1.54, 1.807) is 23.8 Å². The zero-order valence-corrected chi connectivity index (χ0v) is 20.8. The Bertz CT molecular complexity index is 874. The summed E-state index contributed by atoms with van der Waals surface area (Å²) in [7, 11) is 1.62. The minimum absolute atomic E-state index is 0.0149. The third-order valence-electron chi connectivity index (χ3n) is 4.92. The van der Waals surface area contributed by atoms with E-state index in [1.165, 1.54) is 0 Å². The second-order valence-corrected chi connectivity index (χ2v) is 9.47. The number of nitrogens with one attached hydrogen (secondary N) is 1. The van der Waals surface area contributed by atoms with Gasteiger partial charge in [0.1, 0.15) is 11.8 Å². The zero-order valence-electron chi connectivity index (χ0n) is 19.3. The largest absolute Gasteiger partial charge is 0.497 e. The molecule has 0 aliphatic carbocycles. The minimum atomic E-state index is -0.514. The van der Waals surface area contributed by atoms with E-state index < -0.39 is 6.04 Å². The molecular formula is C25H33ClN2O3S. The van der Waals surface area contributed by atoms with Crippen LogP contribution in [0.25, 0.3) is 0 Å². The van der Waals surface area contributed by atoms with Gasteiger partial charge in [-0.25, -0.2) is 0 Å². The number of carbonyl (C=O) groups excluding carboxylic acids is 2. The van der Waals surface area contributed by atoms with E-state index in [-0.39, 0.29) is 17.9 Å². The summed E-state index contributed by atoms with van der Waals surface area (Å²) in [5.41, 5.74) is 0.934. The molecule has 0 aromatic heterocycles. The summed E-state index contributed by atoms with van der Waals surface area (Å²) in [4.78, 5) is 28.9. The van der Waals surface area contributed by atoms with Crippen molar-refractivity contribution < 1.29 is 14.3 Å². The number of hydrogen-bond donors (Lipinski definition) is 1. The van der Waals surface area contributed by atoms with Crippen molar-refractivity contribution in [3.8, 4) is 5.75 Å². The quantitative estimate of drug-likeness (QED) is 0.322. The third-order valence-corrected chi connectivity index (χ3v) is 6.27. The van der Waals surface area contributed by atoms with Crippen LogP contribution in [0.1, 0.15) is 45.6 Å². The highest BCUT2D eigenvalue weighted by Gasteiger charge is 2.28. The van der Waals surface area contributed by atoms with E-state index in [0.29, 0.717) is 24.4 Å². The maximum Gasteiger partial charge on any atom is 0.243 e. The van der Waals surface area contributed by atoms with E-state index in [2.05, 4.69) is 5.32 Å². The number of methoxy groups -OCH3 is 1. The van der Waals surface area contributed by atoms with Crippen LogP contribution in [0.15, 0.2) is 53.4 Å². The van der Waals surface area contributed by atoms with Crippen LogP contribution in [0.5, 0.6) is 5.75 Å². The molecule has 32 heavy (non-hydrogen) atoms. The summed E-state index contributed by atoms with van der Waals surface area (Å²) >= 11 is 7.63. The lowest BCUT2D eigenvalue weighted by molar-refractivity contribution is -0.141. The molecule has 0 fully saturated rings. The van der Waals surface area contributed by atoms with Gasteiger partial charge in [-0.15, -0.1) is 11.8 Å². The fraction of sp³-hybridized carbons (Fsp3) is 0.440. The zero-order chi connectivity index (χ0) is 23.5. The summed E-state index contributed by atoms with van der Waals surface area (Å²) < 4.78 is 5.32. The normalized spacial score (nSPS) is 11.8. The van der Waals surface area contributed by atoms with Crippen molar-refractivity contribution in [1.82, 2.24) is 10.2 Å². The van der Waals surface area contributed by atoms with Gasteiger partial charge in [-0.3, -0.25) is 9.59 Å². The fourth-order valence-electron chi connectivity index (χ4n) is 3.36. The Morgan fingerprint density at radius 2 is 1.88 bits per heavy atom. The first-order valence-electron chi connectivity index (χ1n) is 10.9.